The lowest BCUT2D eigenvalue weighted by molar-refractivity contribution is 0.618. The SMILES string of the molecule is CCCNCc1cc(F)ccc1N(C)Cc1cnn(C)c1. The molecule has 21 heavy (non-hydrogen) atoms. The summed E-state index contributed by atoms with van der Waals surface area (Å²) in [5, 5.41) is 7.51. The summed E-state index contributed by atoms with van der Waals surface area (Å²) in [6.07, 6.45) is 4.92. The van der Waals surface area contributed by atoms with Gasteiger partial charge in [-0.05, 0) is 36.7 Å². The lowest BCUT2D eigenvalue weighted by Gasteiger charge is -2.22. The highest BCUT2D eigenvalue weighted by atomic mass is 19.1. The Bertz CT molecular complexity index is 579. The molecule has 0 aliphatic carbocycles. The number of benzene rings is 1. The Balaban J connectivity index is 2.12. The summed E-state index contributed by atoms with van der Waals surface area (Å²) in [6.45, 7) is 4.48. The molecular formula is C16H23FN4. The molecule has 0 aliphatic heterocycles. The van der Waals surface area contributed by atoms with Crippen molar-refractivity contribution in [2.24, 2.45) is 7.05 Å². The Morgan fingerprint density at radius 2 is 2.19 bits per heavy atom. The molecule has 0 unspecified atom stereocenters. The maximum atomic E-state index is 13.5. The largest absolute Gasteiger partial charge is 0.370 e. The fraction of sp³-hybridized carbons (Fsp3) is 0.438. The van der Waals surface area contributed by atoms with E-state index in [-0.39, 0.29) is 5.82 Å². The van der Waals surface area contributed by atoms with Gasteiger partial charge in [-0.15, -0.1) is 0 Å². The van der Waals surface area contributed by atoms with Gasteiger partial charge < -0.3 is 10.2 Å². The second-order valence-corrected chi connectivity index (χ2v) is 5.33. The Morgan fingerprint density at radius 1 is 1.38 bits per heavy atom. The summed E-state index contributed by atoms with van der Waals surface area (Å²) in [7, 11) is 3.92. The molecule has 0 bridgehead atoms. The number of nitrogens with zero attached hydrogens (tertiary/aromatic N) is 3. The minimum atomic E-state index is -0.193. The maximum absolute atomic E-state index is 13.5. The van der Waals surface area contributed by atoms with E-state index in [2.05, 4.69) is 22.2 Å². The molecule has 5 heteroatoms. The van der Waals surface area contributed by atoms with Gasteiger partial charge in [-0.1, -0.05) is 6.92 Å². The van der Waals surface area contributed by atoms with Crippen LogP contribution >= 0.6 is 0 Å². The van der Waals surface area contributed by atoms with E-state index in [1.54, 1.807) is 10.7 Å². The van der Waals surface area contributed by atoms with Crippen LogP contribution in [0.25, 0.3) is 0 Å². The molecule has 1 aromatic carbocycles. The molecular weight excluding hydrogens is 267 g/mol. The van der Waals surface area contributed by atoms with Crippen molar-refractivity contribution in [2.75, 3.05) is 18.5 Å². The summed E-state index contributed by atoms with van der Waals surface area (Å²) in [5.74, 6) is -0.193. The van der Waals surface area contributed by atoms with Crippen LogP contribution in [-0.4, -0.2) is 23.4 Å². The highest BCUT2D eigenvalue weighted by Gasteiger charge is 2.10. The van der Waals surface area contributed by atoms with E-state index in [4.69, 9.17) is 0 Å². The van der Waals surface area contributed by atoms with Crippen molar-refractivity contribution in [3.05, 3.63) is 47.5 Å². The Morgan fingerprint density at radius 3 is 2.86 bits per heavy atom. The van der Waals surface area contributed by atoms with E-state index in [1.807, 2.05) is 32.6 Å². The van der Waals surface area contributed by atoms with Crippen molar-refractivity contribution in [1.82, 2.24) is 15.1 Å². The molecule has 2 aromatic rings. The lowest BCUT2D eigenvalue weighted by atomic mass is 10.1. The molecule has 0 aliphatic rings. The zero-order chi connectivity index (χ0) is 15.2. The van der Waals surface area contributed by atoms with E-state index >= 15 is 0 Å². The normalized spacial score (nSPS) is 10.9. The van der Waals surface area contributed by atoms with Crippen molar-refractivity contribution in [1.29, 1.82) is 0 Å². The molecule has 0 atom stereocenters. The first kappa shape index (κ1) is 15.5. The van der Waals surface area contributed by atoms with Gasteiger partial charge in [0, 0.05) is 44.6 Å². The van der Waals surface area contributed by atoms with Crippen LogP contribution in [-0.2, 0) is 20.1 Å². The minimum absolute atomic E-state index is 0.193. The fourth-order valence-electron chi connectivity index (χ4n) is 2.38. The predicted octanol–water partition coefficient (Wildman–Crippen LogP) is 2.70. The third kappa shape index (κ3) is 4.29. The standard InChI is InChI=1S/C16H23FN4/c1-4-7-18-10-14-8-15(17)5-6-16(14)20(2)11-13-9-19-21(3)12-13/h5-6,8-9,12,18H,4,7,10-11H2,1-3H3. The van der Waals surface area contributed by atoms with Crippen molar-refractivity contribution >= 4 is 5.69 Å². The first-order chi connectivity index (χ1) is 10.1. The number of nitrogens with one attached hydrogen (secondary N) is 1. The van der Waals surface area contributed by atoms with Crippen LogP contribution in [0, 0.1) is 5.82 Å². The van der Waals surface area contributed by atoms with Gasteiger partial charge in [-0.25, -0.2) is 4.39 Å². The maximum Gasteiger partial charge on any atom is 0.123 e. The van der Waals surface area contributed by atoms with E-state index in [0.717, 1.165) is 36.3 Å². The molecule has 4 nitrogen and oxygen atoms in total. The predicted molar refractivity (Wildman–Crippen MR) is 83.7 cm³/mol. The van der Waals surface area contributed by atoms with E-state index < -0.39 is 0 Å². The highest BCUT2D eigenvalue weighted by Crippen LogP contribution is 2.22. The van der Waals surface area contributed by atoms with E-state index in [9.17, 15) is 4.39 Å². The lowest BCUT2D eigenvalue weighted by Crippen LogP contribution is -2.21. The molecule has 0 saturated heterocycles. The van der Waals surface area contributed by atoms with Gasteiger partial charge in [0.2, 0.25) is 0 Å². The van der Waals surface area contributed by atoms with Crippen LogP contribution in [0.2, 0.25) is 0 Å². The van der Waals surface area contributed by atoms with Crippen molar-refractivity contribution in [3.8, 4) is 0 Å². The van der Waals surface area contributed by atoms with Crippen LogP contribution < -0.4 is 10.2 Å². The van der Waals surface area contributed by atoms with Gasteiger partial charge in [-0.3, -0.25) is 4.68 Å². The third-order valence-electron chi connectivity index (χ3n) is 3.37. The number of halogens is 1. The summed E-state index contributed by atoms with van der Waals surface area (Å²) in [5.41, 5.74) is 3.16. The van der Waals surface area contributed by atoms with Crippen LogP contribution in [0.3, 0.4) is 0 Å². The summed E-state index contributed by atoms with van der Waals surface area (Å²) in [6, 6.07) is 4.96. The smallest absolute Gasteiger partial charge is 0.123 e. The summed E-state index contributed by atoms with van der Waals surface area (Å²) < 4.78 is 15.3. The van der Waals surface area contributed by atoms with Crippen molar-refractivity contribution in [2.45, 2.75) is 26.4 Å². The Hall–Kier alpha value is -1.88. The van der Waals surface area contributed by atoms with Crippen LogP contribution in [0.4, 0.5) is 10.1 Å². The zero-order valence-corrected chi connectivity index (χ0v) is 12.9. The number of hydrogen-bond acceptors (Lipinski definition) is 3. The number of hydrogen-bond donors (Lipinski definition) is 1. The van der Waals surface area contributed by atoms with Crippen molar-refractivity contribution in [3.63, 3.8) is 0 Å². The first-order valence-electron chi connectivity index (χ1n) is 7.28. The number of aryl methyl sites for hydroxylation is 1. The highest BCUT2D eigenvalue weighted by molar-refractivity contribution is 5.53. The molecule has 0 fully saturated rings. The van der Waals surface area contributed by atoms with Gasteiger partial charge in [-0.2, -0.15) is 5.10 Å². The first-order valence-corrected chi connectivity index (χ1v) is 7.28. The quantitative estimate of drug-likeness (QED) is 0.796. The molecule has 0 radical (unpaired) electrons. The molecule has 1 aromatic heterocycles. The van der Waals surface area contributed by atoms with Gasteiger partial charge in [0.25, 0.3) is 0 Å². The van der Waals surface area contributed by atoms with Gasteiger partial charge >= 0.3 is 0 Å². The molecule has 0 amide bonds. The van der Waals surface area contributed by atoms with E-state index in [0.29, 0.717) is 6.54 Å². The second kappa shape index (κ2) is 7.22. The topological polar surface area (TPSA) is 33.1 Å². The van der Waals surface area contributed by atoms with Gasteiger partial charge in [0.15, 0.2) is 0 Å². The minimum Gasteiger partial charge on any atom is -0.370 e. The second-order valence-electron chi connectivity index (χ2n) is 5.33. The molecule has 1 heterocycles. The van der Waals surface area contributed by atoms with Crippen LogP contribution in [0.5, 0.6) is 0 Å². The molecule has 114 valence electrons. The van der Waals surface area contributed by atoms with Gasteiger partial charge in [0.05, 0.1) is 6.20 Å². The summed E-state index contributed by atoms with van der Waals surface area (Å²) in [4.78, 5) is 2.12. The van der Waals surface area contributed by atoms with Crippen molar-refractivity contribution < 1.29 is 4.39 Å². The average Bonchev–Trinajstić information content (AvgIpc) is 2.84. The average molecular weight is 290 g/mol. The number of anilines is 1. The molecule has 0 spiro atoms. The monoisotopic (exact) mass is 290 g/mol. The van der Waals surface area contributed by atoms with Gasteiger partial charge in [0.1, 0.15) is 5.82 Å². The Kier molecular flexibility index (Phi) is 5.33. The van der Waals surface area contributed by atoms with Crippen LogP contribution in [0.15, 0.2) is 30.6 Å². The zero-order valence-electron chi connectivity index (χ0n) is 12.9. The summed E-state index contributed by atoms with van der Waals surface area (Å²) >= 11 is 0. The molecule has 1 N–H and O–H groups in total. The number of rotatable bonds is 7. The molecule has 2 rings (SSSR count). The Labute approximate surface area is 125 Å². The third-order valence-corrected chi connectivity index (χ3v) is 3.37. The number of aromatic nitrogens is 2. The van der Waals surface area contributed by atoms with E-state index in [1.165, 1.54) is 6.07 Å². The fourth-order valence-corrected chi connectivity index (χ4v) is 2.38. The van der Waals surface area contributed by atoms with Crippen LogP contribution in [0.1, 0.15) is 24.5 Å². The molecule has 0 saturated carbocycles.